The molecule has 0 saturated carbocycles. The molecule has 0 unspecified atom stereocenters. The van der Waals surface area contributed by atoms with Gasteiger partial charge in [0.1, 0.15) is 18.1 Å². The van der Waals surface area contributed by atoms with E-state index >= 15 is 0 Å². The van der Waals surface area contributed by atoms with E-state index in [2.05, 4.69) is 9.88 Å². The standard InChI is InChI=1S/C14H21N3O4/c1-9-7-17(12-6-10(19)11(8-18)21-12)14(20)15-13(9)16-4-2-3-5-16/h7,10-12,18-19H,2-6,8H2,1H3/t10-,11+,12+/m1/s1. The van der Waals surface area contributed by atoms with Crippen molar-refractivity contribution in [2.75, 3.05) is 24.6 Å². The Morgan fingerprint density at radius 3 is 2.76 bits per heavy atom. The topological polar surface area (TPSA) is 87.8 Å². The molecule has 1 aromatic heterocycles. The van der Waals surface area contributed by atoms with Gasteiger partial charge in [-0.15, -0.1) is 0 Å². The minimum atomic E-state index is -0.759. The number of nitrogens with zero attached hydrogens (tertiary/aromatic N) is 3. The van der Waals surface area contributed by atoms with E-state index in [1.54, 1.807) is 6.20 Å². The zero-order valence-electron chi connectivity index (χ0n) is 12.1. The Hall–Kier alpha value is -1.44. The summed E-state index contributed by atoms with van der Waals surface area (Å²) >= 11 is 0. The molecule has 0 spiro atoms. The number of hydrogen-bond donors (Lipinski definition) is 2. The molecule has 0 amide bonds. The van der Waals surface area contributed by atoms with Gasteiger partial charge in [0, 0.05) is 31.3 Å². The molecule has 2 N–H and O–H groups in total. The van der Waals surface area contributed by atoms with E-state index in [1.165, 1.54) is 4.57 Å². The SMILES string of the molecule is Cc1cn([C@@H]2C[C@@H](O)[C@H](CO)O2)c(=O)nc1N1CCCC1. The van der Waals surface area contributed by atoms with Crippen LogP contribution in [0.2, 0.25) is 0 Å². The zero-order chi connectivity index (χ0) is 15.0. The molecule has 7 heteroatoms. The minimum Gasteiger partial charge on any atom is -0.394 e. The molecule has 2 fully saturated rings. The second kappa shape index (κ2) is 5.75. The Morgan fingerprint density at radius 1 is 1.43 bits per heavy atom. The predicted octanol–water partition coefficient (Wildman–Crippen LogP) is -0.207. The normalized spacial score (nSPS) is 29.3. The Labute approximate surface area is 122 Å². The highest BCUT2D eigenvalue weighted by molar-refractivity contribution is 5.45. The summed E-state index contributed by atoms with van der Waals surface area (Å²) in [6.07, 6.45) is 2.31. The highest BCUT2D eigenvalue weighted by Gasteiger charge is 2.35. The first-order valence-corrected chi connectivity index (χ1v) is 7.39. The summed E-state index contributed by atoms with van der Waals surface area (Å²) in [5, 5.41) is 18.9. The van der Waals surface area contributed by atoms with Crippen LogP contribution in [0, 0.1) is 6.92 Å². The molecule has 0 aromatic carbocycles. The molecule has 3 atom stereocenters. The van der Waals surface area contributed by atoms with Crippen molar-refractivity contribution in [1.29, 1.82) is 0 Å². The van der Waals surface area contributed by atoms with Crippen LogP contribution in [0.4, 0.5) is 5.82 Å². The molecule has 0 aliphatic carbocycles. The smallest absolute Gasteiger partial charge is 0.351 e. The molecule has 116 valence electrons. The van der Waals surface area contributed by atoms with Gasteiger partial charge in [0.2, 0.25) is 0 Å². The van der Waals surface area contributed by atoms with Crippen LogP contribution in [0.1, 0.15) is 31.1 Å². The van der Waals surface area contributed by atoms with Crippen molar-refractivity contribution in [2.45, 2.75) is 44.6 Å². The number of aromatic nitrogens is 2. The van der Waals surface area contributed by atoms with Gasteiger partial charge in [-0.25, -0.2) is 4.79 Å². The van der Waals surface area contributed by atoms with Gasteiger partial charge in [0.25, 0.3) is 0 Å². The van der Waals surface area contributed by atoms with Gasteiger partial charge >= 0.3 is 5.69 Å². The molecule has 2 saturated heterocycles. The second-order valence-electron chi connectivity index (χ2n) is 5.75. The van der Waals surface area contributed by atoms with Gasteiger partial charge in [-0.1, -0.05) is 0 Å². The van der Waals surface area contributed by atoms with Gasteiger partial charge < -0.3 is 19.8 Å². The van der Waals surface area contributed by atoms with Crippen molar-refractivity contribution in [3.63, 3.8) is 0 Å². The summed E-state index contributed by atoms with van der Waals surface area (Å²) in [5.41, 5.74) is 0.542. The van der Waals surface area contributed by atoms with Crippen LogP contribution in [-0.4, -0.2) is 51.7 Å². The number of rotatable bonds is 3. The van der Waals surface area contributed by atoms with Crippen LogP contribution in [0.25, 0.3) is 0 Å². The number of ether oxygens (including phenoxy) is 1. The molecule has 21 heavy (non-hydrogen) atoms. The van der Waals surface area contributed by atoms with Crippen molar-refractivity contribution < 1.29 is 14.9 Å². The lowest BCUT2D eigenvalue weighted by atomic mass is 10.2. The molecule has 0 bridgehead atoms. The minimum absolute atomic E-state index is 0.259. The number of aliphatic hydroxyl groups is 2. The molecular weight excluding hydrogens is 274 g/mol. The number of aryl methyl sites for hydroxylation is 1. The summed E-state index contributed by atoms with van der Waals surface area (Å²) in [4.78, 5) is 18.5. The summed E-state index contributed by atoms with van der Waals surface area (Å²) in [7, 11) is 0. The number of aliphatic hydroxyl groups excluding tert-OH is 2. The molecule has 1 aromatic rings. The van der Waals surface area contributed by atoms with Crippen molar-refractivity contribution in [1.82, 2.24) is 9.55 Å². The summed E-state index contributed by atoms with van der Waals surface area (Å²) in [5.74, 6) is 0.742. The second-order valence-corrected chi connectivity index (χ2v) is 5.75. The van der Waals surface area contributed by atoms with Crippen LogP contribution >= 0.6 is 0 Å². The fourth-order valence-corrected chi connectivity index (χ4v) is 3.06. The van der Waals surface area contributed by atoms with Crippen LogP contribution in [0.5, 0.6) is 0 Å². The summed E-state index contributed by atoms with van der Waals surface area (Å²) in [6.45, 7) is 3.53. The van der Waals surface area contributed by atoms with Gasteiger partial charge in [-0.3, -0.25) is 4.57 Å². The molecule has 2 aliphatic rings. The molecule has 3 rings (SSSR count). The van der Waals surface area contributed by atoms with Crippen LogP contribution in [0.15, 0.2) is 11.0 Å². The van der Waals surface area contributed by atoms with Crippen molar-refractivity contribution >= 4 is 5.82 Å². The fraction of sp³-hybridized carbons (Fsp3) is 0.714. The first-order valence-electron chi connectivity index (χ1n) is 7.39. The van der Waals surface area contributed by atoms with E-state index in [0.29, 0.717) is 0 Å². The third-order valence-electron chi connectivity index (χ3n) is 4.21. The van der Waals surface area contributed by atoms with Gasteiger partial charge in [0.15, 0.2) is 0 Å². The highest BCUT2D eigenvalue weighted by atomic mass is 16.5. The third-order valence-corrected chi connectivity index (χ3v) is 4.21. The van der Waals surface area contributed by atoms with Crippen LogP contribution in [-0.2, 0) is 4.74 Å². The Morgan fingerprint density at radius 2 is 2.14 bits per heavy atom. The predicted molar refractivity (Wildman–Crippen MR) is 76.3 cm³/mol. The number of hydrogen-bond acceptors (Lipinski definition) is 6. The monoisotopic (exact) mass is 295 g/mol. The van der Waals surface area contributed by atoms with Gasteiger partial charge in [0.05, 0.1) is 12.7 Å². The van der Waals surface area contributed by atoms with E-state index in [1.807, 2.05) is 6.92 Å². The maximum absolute atomic E-state index is 12.2. The van der Waals surface area contributed by atoms with E-state index in [9.17, 15) is 9.90 Å². The Kier molecular flexibility index (Phi) is 3.97. The average Bonchev–Trinajstić information content (AvgIpc) is 3.10. The molecule has 7 nitrogen and oxygen atoms in total. The lowest BCUT2D eigenvalue weighted by Crippen LogP contribution is -2.31. The van der Waals surface area contributed by atoms with Crippen molar-refractivity contribution in [2.24, 2.45) is 0 Å². The molecular formula is C14H21N3O4. The van der Waals surface area contributed by atoms with E-state index < -0.39 is 18.4 Å². The largest absolute Gasteiger partial charge is 0.394 e. The maximum Gasteiger partial charge on any atom is 0.351 e. The van der Waals surface area contributed by atoms with E-state index in [-0.39, 0.29) is 18.7 Å². The average molecular weight is 295 g/mol. The highest BCUT2D eigenvalue weighted by Crippen LogP contribution is 2.28. The first-order chi connectivity index (χ1) is 10.1. The molecule has 3 heterocycles. The zero-order valence-corrected chi connectivity index (χ0v) is 12.1. The first kappa shape index (κ1) is 14.5. The fourth-order valence-electron chi connectivity index (χ4n) is 3.06. The lowest BCUT2D eigenvalue weighted by molar-refractivity contribution is -0.0459. The van der Waals surface area contributed by atoms with Gasteiger partial charge in [-0.05, 0) is 19.8 Å². The van der Waals surface area contributed by atoms with E-state index in [4.69, 9.17) is 9.84 Å². The molecule has 2 aliphatic heterocycles. The summed E-state index contributed by atoms with van der Waals surface area (Å²) < 4.78 is 6.93. The van der Waals surface area contributed by atoms with Crippen LogP contribution < -0.4 is 10.6 Å². The van der Waals surface area contributed by atoms with Crippen molar-refractivity contribution in [3.8, 4) is 0 Å². The van der Waals surface area contributed by atoms with Crippen molar-refractivity contribution in [3.05, 3.63) is 22.2 Å². The van der Waals surface area contributed by atoms with Crippen LogP contribution in [0.3, 0.4) is 0 Å². The number of anilines is 1. The maximum atomic E-state index is 12.2. The van der Waals surface area contributed by atoms with E-state index in [0.717, 1.165) is 37.3 Å². The molecule has 0 radical (unpaired) electrons. The Bertz CT molecular complexity index is 568. The third kappa shape index (κ3) is 2.68. The summed E-state index contributed by atoms with van der Waals surface area (Å²) in [6, 6.07) is 0. The Balaban J connectivity index is 1.87. The van der Waals surface area contributed by atoms with Gasteiger partial charge in [-0.2, -0.15) is 4.98 Å². The quantitative estimate of drug-likeness (QED) is 0.802. The lowest BCUT2D eigenvalue weighted by Gasteiger charge is -2.21.